The fourth-order valence-corrected chi connectivity index (χ4v) is 6.13. The Kier molecular flexibility index (Phi) is 6.98. The summed E-state index contributed by atoms with van der Waals surface area (Å²) >= 11 is 0. The van der Waals surface area contributed by atoms with Gasteiger partial charge in [-0.25, -0.2) is 8.42 Å². The molecule has 1 aliphatic heterocycles. The number of ether oxygens (including phenoxy) is 1. The van der Waals surface area contributed by atoms with E-state index in [2.05, 4.69) is 0 Å². The first-order valence-corrected chi connectivity index (χ1v) is 13.3. The number of nitrogens with zero attached hydrogens (tertiary/aromatic N) is 1. The van der Waals surface area contributed by atoms with Crippen LogP contribution in [0.25, 0.3) is 11.1 Å². The van der Waals surface area contributed by atoms with Crippen molar-refractivity contribution in [1.82, 2.24) is 0 Å². The van der Waals surface area contributed by atoms with Crippen LogP contribution in [0.15, 0.2) is 65.6 Å². The number of alkyl halides is 3. The van der Waals surface area contributed by atoms with Crippen molar-refractivity contribution in [2.75, 3.05) is 10.8 Å². The Morgan fingerprint density at radius 1 is 1.00 bits per heavy atom. The minimum Gasteiger partial charge on any atom is -0.486 e. The van der Waals surface area contributed by atoms with Crippen LogP contribution in [0.2, 0.25) is 0 Å². The molecule has 1 heterocycles. The molecule has 1 aliphatic rings. The van der Waals surface area contributed by atoms with Gasteiger partial charge in [0.2, 0.25) is 0 Å². The van der Waals surface area contributed by atoms with E-state index in [1.54, 1.807) is 18.2 Å². The number of halogens is 3. The Bertz CT molecular complexity index is 1480. The maximum Gasteiger partial charge on any atom is 0.416 e. The van der Waals surface area contributed by atoms with Gasteiger partial charge in [0, 0.05) is 6.42 Å². The van der Waals surface area contributed by atoms with Crippen LogP contribution < -0.4 is 9.04 Å². The van der Waals surface area contributed by atoms with Gasteiger partial charge in [0.25, 0.3) is 10.0 Å². The second kappa shape index (κ2) is 9.65. The van der Waals surface area contributed by atoms with E-state index in [-0.39, 0.29) is 24.4 Å². The number of rotatable bonds is 6. The SMILES string of the molecule is Cc1cc(C)cc(-c2ccc3c(c2)N(S(=O)(=O)c2cccc(C(F)(F)F)c2)C[C@H](CC(C)(C)C(=O)O)O3)c1. The molecule has 202 valence electrons. The van der Waals surface area contributed by atoms with Gasteiger partial charge in [-0.15, -0.1) is 0 Å². The monoisotopic (exact) mass is 547 g/mol. The van der Waals surface area contributed by atoms with Gasteiger partial charge in [-0.05, 0) is 69.2 Å². The van der Waals surface area contributed by atoms with Crippen molar-refractivity contribution in [3.05, 3.63) is 77.4 Å². The molecule has 0 aliphatic carbocycles. The van der Waals surface area contributed by atoms with Gasteiger partial charge >= 0.3 is 12.1 Å². The van der Waals surface area contributed by atoms with Crippen molar-refractivity contribution in [1.29, 1.82) is 0 Å². The van der Waals surface area contributed by atoms with Crippen molar-refractivity contribution in [3.8, 4) is 16.9 Å². The van der Waals surface area contributed by atoms with Crippen LogP contribution >= 0.6 is 0 Å². The first kappa shape index (κ1) is 27.5. The average Bonchev–Trinajstić information content (AvgIpc) is 2.82. The highest BCUT2D eigenvalue weighted by Gasteiger charge is 2.40. The molecule has 0 aromatic heterocycles. The number of aliphatic carboxylic acids is 1. The minimum atomic E-state index is -4.72. The van der Waals surface area contributed by atoms with E-state index in [9.17, 15) is 31.5 Å². The third-order valence-corrected chi connectivity index (χ3v) is 8.29. The molecule has 6 nitrogen and oxygen atoms in total. The van der Waals surface area contributed by atoms with Crippen molar-refractivity contribution in [2.45, 2.75) is 51.3 Å². The van der Waals surface area contributed by atoms with Crippen LogP contribution in [-0.2, 0) is 21.0 Å². The number of aryl methyl sites for hydroxylation is 2. The van der Waals surface area contributed by atoms with Crippen LogP contribution in [0.3, 0.4) is 0 Å². The summed E-state index contributed by atoms with van der Waals surface area (Å²) in [6, 6.07) is 14.5. The molecule has 38 heavy (non-hydrogen) atoms. The first-order valence-electron chi connectivity index (χ1n) is 11.9. The molecule has 0 saturated heterocycles. The van der Waals surface area contributed by atoms with E-state index in [0.717, 1.165) is 39.2 Å². The zero-order chi connectivity index (χ0) is 28.0. The van der Waals surface area contributed by atoms with E-state index >= 15 is 0 Å². The molecule has 0 bridgehead atoms. The van der Waals surface area contributed by atoms with Gasteiger partial charge in [0.05, 0.1) is 28.1 Å². The van der Waals surface area contributed by atoms with Gasteiger partial charge in [-0.1, -0.05) is 41.5 Å². The Morgan fingerprint density at radius 2 is 1.66 bits per heavy atom. The zero-order valence-corrected chi connectivity index (χ0v) is 22.2. The van der Waals surface area contributed by atoms with Crippen molar-refractivity contribution in [3.63, 3.8) is 0 Å². The van der Waals surface area contributed by atoms with Gasteiger partial charge in [-0.2, -0.15) is 13.2 Å². The number of benzene rings is 3. The van der Waals surface area contributed by atoms with Crippen molar-refractivity contribution < 1.29 is 36.2 Å². The highest BCUT2D eigenvalue weighted by Crippen LogP contribution is 2.42. The maximum absolute atomic E-state index is 13.8. The summed E-state index contributed by atoms with van der Waals surface area (Å²) in [5.41, 5.74) is 1.43. The smallest absolute Gasteiger partial charge is 0.416 e. The predicted molar refractivity (Wildman–Crippen MR) is 138 cm³/mol. The summed E-state index contributed by atoms with van der Waals surface area (Å²) in [6.45, 7) is 6.62. The number of carbonyl (C=O) groups is 1. The minimum absolute atomic E-state index is 0.0186. The molecule has 3 aromatic rings. The third kappa shape index (κ3) is 5.50. The standard InChI is InChI=1S/C28H28F3NO5S/c1-17-10-18(2)12-20(11-17)19-8-9-25-24(13-19)32(16-22(37-25)15-27(3,4)26(33)34)38(35,36)23-7-5-6-21(14-23)28(29,30)31/h5-14,22H,15-16H2,1-4H3,(H,33,34)/t22-/m0/s1. The number of hydrogen-bond acceptors (Lipinski definition) is 4. The van der Waals surface area contributed by atoms with Crippen LogP contribution in [0.1, 0.15) is 37.0 Å². The molecule has 1 atom stereocenters. The number of sulfonamides is 1. The number of anilines is 1. The second-order valence-electron chi connectivity index (χ2n) is 10.3. The molecule has 0 fully saturated rings. The normalized spacial score (nSPS) is 16.1. The van der Waals surface area contributed by atoms with E-state index < -0.39 is 44.1 Å². The van der Waals surface area contributed by atoms with Crippen molar-refractivity contribution in [2.24, 2.45) is 5.41 Å². The summed E-state index contributed by atoms with van der Waals surface area (Å²) in [4.78, 5) is 11.2. The zero-order valence-electron chi connectivity index (χ0n) is 21.3. The van der Waals surface area contributed by atoms with Gasteiger partial charge in [0.15, 0.2) is 0 Å². The number of carboxylic acid groups (broad SMARTS) is 1. The third-order valence-electron chi connectivity index (χ3n) is 6.51. The van der Waals surface area contributed by atoms with E-state index in [1.165, 1.54) is 13.8 Å². The molecule has 0 saturated carbocycles. The summed E-state index contributed by atoms with van der Waals surface area (Å²) in [5.74, 6) is -0.879. The highest BCUT2D eigenvalue weighted by atomic mass is 32.2. The lowest BCUT2D eigenvalue weighted by molar-refractivity contribution is -0.148. The van der Waals surface area contributed by atoms with Crippen molar-refractivity contribution >= 4 is 21.7 Å². The molecule has 0 spiro atoms. The van der Waals surface area contributed by atoms with Gasteiger partial charge in [-0.3, -0.25) is 9.10 Å². The topological polar surface area (TPSA) is 83.9 Å². The van der Waals surface area contributed by atoms with Crippen LogP contribution in [0.5, 0.6) is 5.75 Å². The quantitative estimate of drug-likeness (QED) is 0.384. The molecule has 4 rings (SSSR count). The number of hydrogen-bond donors (Lipinski definition) is 1. The summed E-state index contributed by atoms with van der Waals surface area (Å²) < 4.78 is 74.9. The molecule has 1 N–H and O–H groups in total. The fraction of sp³-hybridized carbons (Fsp3) is 0.321. The Morgan fingerprint density at radius 3 is 2.26 bits per heavy atom. The Labute approximate surface area is 219 Å². The van der Waals surface area contributed by atoms with E-state index in [4.69, 9.17) is 4.74 Å². The highest BCUT2D eigenvalue weighted by molar-refractivity contribution is 7.92. The van der Waals surface area contributed by atoms with E-state index in [1.807, 2.05) is 32.0 Å². The Hall–Kier alpha value is -3.53. The van der Waals surface area contributed by atoms with Gasteiger partial charge in [0.1, 0.15) is 11.9 Å². The predicted octanol–water partition coefficient (Wildman–Crippen LogP) is 6.45. The lowest BCUT2D eigenvalue weighted by Gasteiger charge is -2.38. The largest absolute Gasteiger partial charge is 0.486 e. The summed E-state index contributed by atoms with van der Waals surface area (Å²) in [7, 11) is -4.48. The molecule has 3 aromatic carbocycles. The van der Waals surface area contributed by atoms with Gasteiger partial charge < -0.3 is 9.84 Å². The van der Waals surface area contributed by atoms with Crippen LogP contribution in [-0.4, -0.2) is 32.1 Å². The molecule has 0 amide bonds. The van der Waals surface area contributed by atoms with Crippen LogP contribution in [0.4, 0.5) is 18.9 Å². The fourth-order valence-electron chi connectivity index (χ4n) is 4.58. The summed E-state index contributed by atoms with van der Waals surface area (Å²) in [6.07, 6.45) is -5.59. The lowest BCUT2D eigenvalue weighted by Crippen LogP contribution is -2.46. The first-order chi connectivity index (χ1) is 17.6. The molecular weight excluding hydrogens is 519 g/mol. The molecule has 0 radical (unpaired) electrons. The lowest BCUT2D eigenvalue weighted by atomic mass is 9.86. The molecular formula is C28H28F3NO5S. The Balaban J connectivity index is 1.85. The second-order valence-corrected chi connectivity index (χ2v) is 12.1. The molecule has 10 heteroatoms. The number of fused-ring (bicyclic) bond motifs is 1. The maximum atomic E-state index is 13.8. The molecule has 0 unspecified atom stereocenters. The average molecular weight is 548 g/mol. The van der Waals surface area contributed by atoms with E-state index in [0.29, 0.717) is 11.6 Å². The summed E-state index contributed by atoms with van der Waals surface area (Å²) in [5, 5.41) is 9.59. The van der Waals surface area contributed by atoms with Crippen LogP contribution in [0, 0.1) is 19.3 Å². The number of carboxylic acids is 1.